The molecule has 1 aromatic heterocycles. The van der Waals surface area contributed by atoms with E-state index in [-0.39, 0.29) is 11.9 Å². The molecule has 0 spiro atoms. The molecular formula is C20H22FN3OS. The van der Waals surface area contributed by atoms with E-state index in [2.05, 4.69) is 30.1 Å². The molecule has 0 fully saturated rings. The monoisotopic (exact) mass is 371 g/mol. The van der Waals surface area contributed by atoms with E-state index >= 15 is 0 Å². The summed E-state index contributed by atoms with van der Waals surface area (Å²) in [7, 11) is 1.93. The smallest absolute Gasteiger partial charge is 0.191 e. The van der Waals surface area contributed by atoms with Crippen LogP contribution in [0.2, 0.25) is 0 Å². The second kappa shape index (κ2) is 7.91. The lowest BCUT2D eigenvalue weighted by molar-refractivity contribution is 0.211. The van der Waals surface area contributed by atoms with E-state index in [1.807, 2.05) is 30.7 Å². The Hall–Kier alpha value is -2.34. The van der Waals surface area contributed by atoms with E-state index in [9.17, 15) is 4.39 Å². The highest BCUT2D eigenvalue weighted by atomic mass is 32.2. The third-order valence-corrected chi connectivity index (χ3v) is 5.40. The van der Waals surface area contributed by atoms with Crippen molar-refractivity contribution in [1.29, 1.82) is 0 Å². The van der Waals surface area contributed by atoms with Crippen LogP contribution in [0.4, 0.5) is 4.39 Å². The number of hydrogen-bond donors (Lipinski definition) is 0. The van der Waals surface area contributed by atoms with Crippen LogP contribution in [0.25, 0.3) is 0 Å². The van der Waals surface area contributed by atoms with Crippen LogP contribution in [0.3, 0.4) is 0 Å². The van der Waals surface area contributed by atoms with E-state index in [0.717, 1.165) is 22.3 Å². The van der Waals surface area contributed by atoms with E-state index in [0.29, 0.717) is 5.75 Å². The predicted molar refractivity (Wildman–Crippen MR) is 102 cm³/mol. The minimum Gasteiger partial charge on any atom is -0.483 e. The van der Waals surface area contributed by atoms with Crippen molar-refractivity contribution in [3.63, 3.8) is 0 Å². The molecule has 6 heteroatoms. The molecular weight excluding hydrogens is 349 g/mol. The van der Waals surface area contributed by atoms with Crippen LogP contribution in [0.1, 0.15) is 35.5 Å². The summed E-state index contributed by atoms with van der Waals surface area (Å²) in [5.74, 6) is 2.07. The van der Waals surface area contributed by atoms with Gasteiger partial charge in [-0.05, 0) is 61.7 Å². The SMILES string of the molecule is Cc1ccc(OC(C)c2nnc(SCc3ccc(F)cc3)n2C)cc1C. The minimum atomic E-state index is -0.225. The summed E-state index contributed by atoms with van der Waals surface area (Å²) in [6.45, 7) is 6.11. The lowest BCUT2D eigenvalue weighted by atomic mass is 10.1. The highest BCUT2D eigenvalue weighted by Crippen LogP contribution is 2.26. The van der Waals surface area contributed by atoms with Gasteiger partial charge in [-0.1, -0.05) is 30.0 Å². The first-order valence-corrected chi connectivity index (χ1v) is 9.43. The fourth-order valence-corrected chi connectivity index (χ4v) is 3.45. The Morgan fingerprint density at radius 1 is 1.08 bits per heavy atom. The molecule has 0 saturated heterocycles. The Labute approximate surface area is 157 Å². The standard InChI is InChI=1S/C20H22FN3OS/c1-13-5-10-18(11-14(13)2)25-15(3)19-22-23-20(24(19)4)26-12-16-6-8-17(21)9-7-16/h5-11,15H,12H2,1-4H3. The van der Waals surface area contributed by atoms with Crippen molar-refractivity contribution in [2.45, 2.75) is 37.8 Å². The van der Waals surface area contributed by atoms with Crippen molar-refractivity contribution < 1.29 is 9.13 Å². The molecule has 1 unspecified atom stereocenters. The summed E-state index contributed by atoms with van der Waals surface area (Å²) < 4.78 is 21.0. The highest BCUT2D eigenvalue weighted by Gasteiger charge is 2.17. The van der Waals surface area contributed by atoms with Gasteiger partial charge in [0, 0.05) is 12.8 Å². The topological polar surface area (TPSA) is 39.9 Å². The molecule has 4 nitrogen and oxygen atoms in total. The van der Waals surface area contributed by atoms with Gasteiger partial charge in [0.2, 0.25) is 0 Å². The minimum absolute atomic E-state index is 0.213. The molecule has 0 bridgehead atoms. The average molecular weight is 371 g/mol. The van der Waals surface area contributed by atoms with Crippen molar-refractivity contribution in [2.24, 2.45) is 7.05 Å². The van der Waals surface area contributed by atoms with Crippen LogP contribution in [0.15, 0.2) is 47.6 Å². The van der Waals surface area contributed by atoms with Crippen LogP contribution < -0.4 is 4.74 Å². The van der Waals surface area contributed by atoms with Gasteiger partial charge in [-0.15, -0.1) is 10.2 Å². The molecule has 0 aliphatic heterocycles. The Morgan fingerprint density at radius 2 is 1.81 bits per heavy atom. The normalized spacial score (nSPS) is 12.2. The van der Waals surface area contributed by atoms with E-state index in [1.165, 1.54) is 23.3 Å². The predicted octanol–water partition coefficient (Wildman–Crippen LogP) is 5.00. The zero-order chi connectivity index (χ0) is 18.7. The molecule has 1 heterocycles. The van der Waals surface area contributed by atoms with Crippen molar-refractivity contribution in [3.05, 3.63) is 70.8 Å². The summed E-state index contributed by atoms with van der Waals surface area (Å²) in [5, 5.41) is 9.36. The second-order valence-corrected chi connectivity index (χ2v) is 7.26. The van der Waals surface area contributed by atoms with Gasteiger partial charge >= 0.3 is 0 Å². The van der Waals surface area contributed by atoms with Gasteiger partial charge in [-0.2, -0.15) is 0 Å². The van der Waals surface area contributed by atoms with Gasteiger partial charge in [0.05, 0.1) is 0 Å². The number of hydrogen-bond acceptors (Lipinski definition) is 4. The first-order valence-electron chi connectivity index (χ1n) is 8.44. The first-order chi connectivity index (χ1) is 12.4. The molecule has 3 rings (SSSR count). The Morgan fingerprint density at radius 3 is 2.50 bits per heavy atom. The summed E-state index contributed by atoms with van der Waals surface area (Å²) in [5.41, 5.74) is 3.48. The van der Waals surface area contributed by atoms with Gasteiger partial charge in [0.25, 0.3) is 0 Å². The van der Waals surface area contributed by atoms with Crippen molar-refractivity contribution >= 4 is 11.8 Å². The maximum absolute atomic E-state index is 13.0. The number of aryl methyl sites for hydroxylation is 2. The van der Waals surface area contributed by atoms with Crippen molar-refractivity contribution in [2.75, 3.05) is 0 Å². The summed E-state index contributed by atoms with van der Waals surface area (Å²) >= 11 is 1.57. The zero-order valence-corrected chi connectivity index (χ0v) is 16.2. The first kappa shape index (κ1) is 18.5. The Balaban J connectivity index is 1.67. The largest absolute Gasteiger partial charge is 0.483 e. The van der Waals surface area contributed by atoms with Gasteiger partial charge in [0.1, 0.15) is 11.6 Å². The third kappa shape index (κ3) is 4.25. The quantitative estimate of drug-likeness (QED) is 0.572. The van der Waals surface area contributed by atoms with Gasteiger partial charge in [0.15, 0.2) is 17.1 Å². The average Bonchev–Trinajstić information content (AvgIpc) is 2.98. The van der Waals surface area contributed by atoms with Gasteiger partial charge < -0.3 is 9.30 Å². The van der Waals surface area contributed by atoms with Gasteiger partial charge in [-0.3, -0.25) is 0 Å². The molecule has 0 saturated carbocycles. The van der Waals surface area contributed by atoms with Gasteiger partial charge in [-0.25, -0.2) is 4.39 Å². The molecule has 1 atom stereocenters. The molecule has 0 amide bonds. The maximum atomic E-state index is 13.0. The number of rotatable bonds is 6. The van der Waals surface area contributed by atoms with E-state index < -0.39 is 0 Å². The second-order valence-electron chi connectivity index (χ2n) is 6.32. The molecule has 0 N–H and O–H groups in total. The number of ether oxygens (including phenoxy) is 1. The lowest BCUT2D eigenvalue weighted by Crippen LogP contribution is -2.10. The molecule has 0 aliphatic rings. The number of nitrogens with zero attached hydrogens (tertiary/aromatic N) is 3. The highest BCUT2D eigenvalue weighted by molar-refractivity contribution is 7.98. The fraction of sp³-hybridized carbons (Fsp3) is 0.300. The molecule has 2 aromatic carbocycles. The molecule has 136 valence electrons. The number of benzene rings is 2. The maximum Gasteiger partial charge on any atom is 0.191 e. The fourth-order valence-electron chi connectivity index (χ4n) is 2.58. The van der Waals surface area contributed by atoms with Crippen molar-refractivity contribution in [3.8, 4) is 5.75 Å². The van der Waals surface area contributed by atoms with E-state index in [1.54, 1.807) is 23.9 Å². The molecule has 26 heavy (non-hydrogen) atoms. The number of thioether (sulfide) groups is 1. The molecule has 0 aliphatic carbocycles. The van der Waals surface area contributed by atoms with Crippen LogP contribution in [-0.4, -0.2) is 14.8 Å². The van der Waals surface area contributed by atoms with Crippen molar-refractivity contribution in [1.82, 2.24) is 14.8 Å². The number of halogens is 1. The molecule has 3 aromatic rings. The van der Waals surface area contributed by atoms with Crippen LogP contribution >= 0.6 is 11.8 Å². The summed E-state index contributed by atoms with van der Waals surface area (Å²) in [6.07, 6.45) is -0.213. The van der Waals surface area contributed by atoms with E-state index in [4.69, 9.17) is 4.74 Å². The summed E-state index contributed by atoms with van der Waals surface area (Å²) in [6, 6.07) is 12.6. The lowest BCUT2D eigenvalue weighted by Gasteiger charge is -2.15. The van der Waals surface area contributed by atoms with Crippen LogP contribution in [0, 0.1) is 19.7 Å². The third-order valence-electron chi connectivity index (χ3n) is 4.30. The van der Waals surface area contributed by atoms with Crippen LogP contribution in [0.5, 0.6) is 5.75 Å². The van der Waals surface area contributed by atoms with Crippen LogP contribution in [-0.2, 0) is 12.8 Å². The molecule has 0 radical (unpaired) electrons. The number of aromatic nitrogens is 3. The Bertz CT molecular complexity index is 893. The Kier molecular flexibility index (Phi) is 5.61. The zero-order valence-electron chi connectivity index (χ0n) is 15.4. The summed E-state index contributed by atoms with van der Waals surface area (Å²) in [4.78, 5) is 0.